The predicted octanol–water partition coefficient (Wildman–Crippen LogP) is 3.00. The first-order valence-corrected chi connectivity index (χ1v) is 6.60. The summed E-state index contributed by atoms with van der Waals surface area (Å²) in [5, 5.41) is 3.40. The van der Waals surface area contributed by atoms with E-state index in [1.807, 2.05) is 0 Å². The fourth-order valence-electron chi connectivity index (χ4n) is 1.75. The van der Waals surface area contributed by atoms with Crippen molar-refractivity contribution in [3.05, 3.63) is 24.3 Å². The highest BCUT2D eigenvalue weighted by atomic mass is 32.2. The maximum Gasteiger partial charge on any atom is 0.0748 e. The highest BCUT2D eigenvalue weighted by Gasteiger charge is 2.14. The summed E-state index contributed by atoms with van der Waals surface area (Å²) in [6.45, 7) is 1.86. The van der Waals surface area contributed by atoms with E-state index < -0.39 is 0 Å². The molecule has 1 aliphatic rings. The van der Waals surface area contributed by atoms with Gasteiger partial charge in [-0.2, -0.15) is 0 Å². The Morgan fingerprint density at radius 1 is 1.40 bits per heavy atom. The SMILES string of the molecule is CSc1ccc(NCC2CCCO2)cc1. The molecule has 0 spiro atoms. The Kier molecular flexibility index (Phi) is 3.92. The summed E-state index contributed by atoms with van der Waals surface area (Å²) in [6, 6.07) is 8.53. The van der Waals surface area contributed by atoms with Crippen molar-refractivity contribution in [3.8, 4) is 0 Å². The Bertz CT molecular complexity index is 293. The van der Waals surface area contributed by atoms with Crippen molar-refractivity contribution in [1.82, 2.24) is 0 Å². The van der Waals surface area contributed by atoms with E-state index in [-0.39, 0.29) is 0 Å². The molecule has 82 valence electrons. The Hall–Kier alpha value is -0.670. The summed E-state index contributed by atoms with van der Waals surface area (Å²) < 4.78 is 5.55. The molecule has 2 rings (SSSR count). The van der Waals surface area contributed by atoms with Gasteiger partial charge in [0.15, 0.2) is 0 Å². The Morgan fingerprint density at radius 2 is 2.20 bits per heavy atom. The number of nitrogens with one attached hydrogen (secondary N) is 1. The third kappa shape index (κ3) is 3.14. The Labute approximate surface area is 95.4 Å². The van der Waals surface area contributed by atoms with E-state index in [2.05, 4.69) is 35.8 Å². The smallest absolute Gasteiger partial charge is 0.0748 e. The van der Waals surface area contributed by atoms with Crippen LogP contribution in [0.2, 0.25) is 0 Å². The second kappa shape index (κ2) is 5.42. The molecule has 0 bridgehead atoms. The average Bonchev–Trinajstić information content (AvgIpc) is 2.80. The van der Waals surface area contributed by atoms with Gasteiger partial charge in [-0.15, -0.1) is 11.8 Å². The van der Waals surface area contributed by atoms with Crippen molar-refractivity contribution in [2.24, 2.45) is 0 Å². The first-order chi connectivity index (χ1) is 7.38. The lowest BCUT2D eigenvalue weighted by Gasteiger charge is -2.11. The molecule has 3 heteroatoms. The molecule has 1 aromatic rings. The fourth-order valence-corrected chi connectivity index (χ4v) is 2.15. The first-order valence-electron chi connectivity index (χ1n) is 5.38. The molecule has 0 aliphatic carbocycles. The van der Waals surface area contributed by atoms with E-state index >= 15 is 0 Å². The number of hydrogen-bond donors (Lipinski definition) is 1. The van der Waals surface area contributed by atoms with Gasteiger partial charge in [-0.25, -0.2) is 0 Å². The average molecular weight is 223 g/mol. The molecule has 15 heavy (non-hydrogen) atoms. The minimum atomic E-state index is 0.408. The molecule has 1 fully saturated rings. The van der Waals surface area contributed by atoms with E-state index in [9.17, 15) is 0 Å². The Balaban J connectivity index is 1.82. The van der Waals surface area contributed by atoms with Crippen LogP contribution in [0.1, 0.15) is 12.8 Å². The van der Waals surface area contributed by atoms with E-state index in [1.165, 1.54) is 23.4 Å². The molecular formula is C12H17NOS. The predicted molar refractivity (Wildman–Crippen MR) is 65.7 cm³/mol. The summed E-state index contributed by atoms with van der Waals surface area (Å²) in [7, 11) is 0. The van der Waals surface area contributed by atoms with Gasteiger partial charge < -0.3 is 10.1 Å². The van der Waals surface area contributed by atoms with E-state index in [0.717, 1.165) is 13.2 Å². The molecule has 1 aliphatic heterocycles. The summed E-state index contributed by atoms with van der Waals surface area (Å²) in [5.74, 6) is 0. The molecule has 1 saturated heterocycles. The molecule has 1 unspecified atom stereocenters. The van der Waals surface area contributed by atoms with Gasteiger partial charge in [-0.1, -0.05) is 0 Å². The number of rotatable bonds is 4. The maximum absolute atomic E-state index is 5.55. The summed E-state index contributed by atoms with van der Waals surface area (Å²) in [5.41, 5.74) is 1.18. The van der Waals surface area contributed by atoms with Crippen molar-refractivity contribution < 1.29 is 4.74 Å². The molecule has 1 aromatic carbocycles. The van der Waals surface area contributed by atoms with Gasteiger partial charge in [-0.05, 0) is 43.4 Å². The number of anilines is 1. The largest absolute Gasteiger partial charge is 0.382 e. The number of thioether (sulfide) groups is 1. The van der Waals surface area contributed by atoms with Gasteiger partial charge in [0.1, 0.15) is 0 Å². The third-order valence-corrected chi connectivity index (χ3v) is 3.39. The van der Waals surface area contributed by atoms with Crippen molar-refractivity contribution in [2.45, 2.75) is 23.8 Å². The van der Waals surface area contributed by atoms with Gasteiger partial charge in [0.2, 0.25) is 0 Å². The van der Waals surface area contributed by atoms with Crippen LogP contribution in [0.25, 0.3) is 0 Å². The Morgan fingerprint density at radius 3 is 2.80 bits per heavy atom. The highest BCUT2D eigenvalue weighted by Crippen LogP contribution is 2.18. The normalized spacial score (nSPS) is 20.5. The molecule has 0 amide bonds. The maximum atomic E-state index is 5.55. The van der Waals surface area contributed by atoms with Crippen molar-refractivity contribution >= 4 is 17.4 Å². The lowest BCUT2D eigenvalue weighted by molar-refractivity contribution is 0.120. The highest BCUT2D eigenvalue weighted by molar-refractivity contribution is 7.98. The summed E-state index contributed by atoms with van der Waals surface area (Å²) in [6.07, 6.45) is 4.90. The van der Waals surface area contributed by atoms with Gasteiger partial charge in [0.05, 0.1) is 6.10 Å². The molecule has 0 radical (unpaired) electrons. The zero-order valence-electron chi connectivity index (χ0n) is 9.03. The van der Waals surface area contributed by atoms with Crippen LogP contribution in [0.15, 0.2) is 29.2 Å². The van der Waals surface area contributed by atoms with Crippen LogP contribution in [0.3, 0.4) is 0 Å². The minimum Gasteiger partial charge on any atom is -0.382 e. The van der Waals surface area contributed by atoms with Crippen LogP contribution >= 0.6 is 11.8 Å². The van der Waals surface area contributed by atoms with E-state index in [1.54, 1.807) is 11.8 Å². The van der Waals surface area contributed by atoms with Gasteiger partial charge in [0, 0.05) is 23.7 Å². The first kappa shape index (κ1) is 10.8. The van der Waals surface area contributed by atoms with Crippen LogP contribution in [0.5, 0.6) is 0 Å². The van der Waals surface area contributed by atoms with Crippen LogP contribution in [-0.4, -0.2) is 25.5 Å². The quantitative estimate of drug-likeness (QED) is 0.793. The third-order valence-electron chi connectivity index (χ3n) is 2.65. The van der Waals surface area contributed by atoms with Crippen molar-refractivity contribution in [2.75, 3.05) is 24.7 Å². The van der Waals surface area contributed by atoms with Gasteiger partial charge in [0.25, 0.3) is 0 Å². The van der Waals surface area contributed by atoms with Crippen LogP contribution in [0.4, 0.5) is 5.69 Å². The summed E-state index contributed by atoms with van der Waals surface area (Å²) >= 11 is 1.77. The molecule has 1 heterocycles. The molecule has 2 nitrogen and oxygen atoms in total. The zero-order chi connectivity index (χ0) is 10.5. The molecule has 1 N–H and O–H groups in total. The van der Waals surface area contributed by atoms with Crippen LogP contribution < -0.4 is 5.32 Å². The lowest BCUT2D eigenvalue weighted by Crippen LogP contribution is -2.18. The number of ether oxygens (including phenoxy) is 1. The van der Waals surface area contributed by atoms with Crippen molar-refractivity contribution in [3.63, 3.8) is 0 Å². The summed E-state index contributed by atoms with van der Waals surface area (Å²) in [4.78, 5) is 1.30. The fraction of sp³-hybridized carbons (Fsp3) is 0.500. The monoisotopic (exact) mass is 223 g/mol. The topological polar surface area (TPSA) is 21.3 Å². The minimum absolute atomic E-state index is 0.408. The molecular weight excluding hydrogens is 206 g/mol. The van der Waals surface area contributed by atoms with Crippen LogP contribution in [0, 0.1) is 0 Å². The number of benzene rings is 1. The molecule has 0 aromatic heterocycles. The second-order valence-corrected chi connectivity index (χ2v) is 4.62. The van der Waals surface area contributed by atoms with Gasteiger partial charge in [-0.3, -0.25) is 0 Å². The van der Waals surface area contributed by atoms with Crippen LogP contribution in [-0.2, 0) is 4.74 Å². The second-order valence-electron chi connectivity index (χ2n) is 3.74. The number of hydrogen-bond acceptors (Lipinski definition) is 3. The standard InChI is InChI=1S/C12H17NOS/c1-15-12-6-4-10(5-7-12)13-9-11-3-2-8-14-11/h4-7,11,13H,2-3,8-9H2,1H3. The van der Waals surface area contributed by atoms with E-state index in [0.29, 0.717) is 6.10 Å². The lowest BCUT2D eigenvalue weighted by atomic mass is 10.2. The molecule has 1 atom stereocenters. The van der Waals surface area contributed by atoms with Crippen molar-refractivity contribution in [1.29, 1.82) is 0 Å². The van der Waals surface area contributed by atoms with Gasteiger partial charge >= 0.3 is 0 Å². The molecule has 0 saturated carbocycles. The van der Waals surface area contributed by atoms with E-state index in [4.69, 9.17) is 4.74 Å². The zero-order valence-corrected chi connectivity index (χ0v) is 9.85.